The molecular formula is C13H28N2O4. The van der Waals surface area contributed by atoms with Crippen LogP contribution in [0.4, 0.5) is 0 Å². The van der Waals surface area contributed by atoms with Crippen LogP contribution in [0, 0.1) is 0 Å². The first-order valence-corrected chi connectivity index (χ1v) is 7.22. The normalized spacial score (nSPS) is 18.6. The first kappa shape index (κ1) is 16.8. The second-order valence-electron chi connectivity index (χ2n) is 4.66. The predicted octanol–water partition coefficient (Wildman–Crippen LogP) is 0.0174. The van der Waals surface area contributed by atoms with Crippen molar-refractivity contribution in [3.63, 3.8) is 0 Å². The summed E-state index contributed by atoms with van der Waals surface area (Å²) in [4.78, 5) is 0. The smallest absolute Gasteiger partial charge is 0.0911 e. The number of unbranched alkanes of at least 4 members (excludes halogenated alkanes) is 1. The van der Waals surface area contributed by atoms with Crippen molar-refractivity contribution < 1.29 is 19.3 Å². The number of aliphatic hydroxyl groups is 1. The van der Waals surface area contributed by atoms with E-state index in [2.05, 4.69) is 17.4 Å². The van der Waals surface area contributed by atoms with E-state index in [0.717, 1.165) is 45.8 Å². The standard InChI is InChI=1S/C13H28N2O4/c1-2-3-6-17-9-10-19-12-13(16)11-14-15-4-7-18-8-5-15/h13-14,16H,2-12H2,1H3. The molecule has 1 saturated heterocycles. The largest absolute Gasteiger partial charge is 0.389 e. The average molecular weight is 276 g/mol. The minimum Gasteiger partial charge on any atom is -0.389 e. The molecule has 1 aliphatic rings. The van der Waals surface area contributed by atoms with Gasteiger partial charge in [0, 0.05) is 26.2 Å². The van der Waals surface area contributed by atoms with Gasteiger partial charge in [0.15, 0.2) is 0 Å². The highest BCUT2D eigenvalue weighted by molar-refractivity contribution is 4.61. The average Bonchev–Trinajstić information content (AvgIpc) is 2.45. The lowest BCUT2D eigenvalue weighted by atomic mass is 10.4. The number of nitrogens with one attached hydrogen (secondary N) is 1. The van der Waals surface area contributed by atoms with Gasteiger partial charge in [-0.1, -0.05) is 13.3 Å². The first-order chi connectivity index (χ1) is 9.33. The third-order valence-corrected chi connectivity index (χ3v) is 2.89. The number of nitrogens with zero attached hydrogens (tertiary/aromatic N) is 1. The molecule has 1 aliphatic heterocycles. The number of hydrogen-bond donors (Lipinski definition) is 2. The van der Waals surface area contributed by atoms with E-state index in [-0.39, 0.29) is 0 Å². The molecule has 0 aromatic rings. The summed E-state index contributed by atoms with van der Waals surface area (Å²) in [5, 5.41) is 11.8. The van der Waals surface area contributed by atoms with E-state index in [1.54, 1.807) is 0 Å². The van der Waals surface area contributed by atoms with Crippen molar-refractivity contribution in [3.8, 4) is 0 Å². The Hall–Kier alpha value is -0.240. The highest BCUT2D eigenvalue weighted by Gasteiger charge is 2.11. The summed E-state index contributed by atoms with van der Waals surface area (Å²) in [5.41, 5.74) is 3.18. The summed E-state index contributed by atoms with van der Waals surface area (Å²) in [5.74, 6) is 0. The molecule has 1 rings (SSSR count). The minimum atomic E-state index is -0.488. The molecule has 0 aliphatic carbocycles. The van der Waals surface area contributed by atoms with Gasteiger partial charge in [-0.3, -0.25) is 5.43 Å². The number of morpholine rings is 1. The molecule has 19 heavy (non-hydrogen) atoms. The van der Waals surface area contributed by atoms with Crippen molar-refractivity contribution in [2.24, 2.45) is 0 Å². The molecule has 0 saturated carbocycles. The third kappa shape index (κ3) is 9.32. The van der Waals surface area contributed by atoms with E-state index < -0.39 is 6.10 Å². The number of hydrogen-bond acceptors (Lipinski definition) is 6. The van der Waals surface area contributed by atoms with Gasteiger partial charge in [-0.25, -0.2) is 5.01 Å². The SMILES string of the molecule is CCCCOCCOCC(O)CNN1CCOCC1. The lowest BCUT2D eigenvalue weighted by Gasteiger charge is -2.28. The zero-order chi connectivity index (χ0) is 13.8. The molecule has 0 aromatic heterocycles. The summed E-state index contributed by atoms with van der Waals surface area (Å²) in [6.45, 7) is 8.13. The molecule has 6 heteroatoms. The number of rotatable bonds is 11. The Morgan fingerprint density at radius 1 is 1.21 bits per heavy atom. The van der Waals surface area contributed by atoms with Crippen molar-refractivity contribution >= 4 is 0 Å². The zero-order valence-corrected chi connectivity index (χ0v) is 12.0. The van der Waals surface area contributed by atoms with Crippen LogP contribution in [0.2, 0.25) is 0 Å². The van der Waals surface area contributed by atoms with E-state index in [1.165, 1.54) is 0 Å². The Kier molecular flexibility index (Phi) is 10.2. The molecule has 114 valence electrons. The number of aliphatic hydroxyl groups excluding tert-OH is 1. The summed E-state index contributed by atoms with van der Waals surface area (Å²) in [6, 6.07) is 0. The third-order valence-electron chi connectivity index (χ3n) is 2.89. The monoisotopic (exact) mass is 276 g/mol. The summed E-state index contributed by atoms with van der Waals surface area (Å²) in [6.07, 6.45) is 1.75. The molecule has 0 bridgehead atoms. The summed E-state index contributed by atoms with van der Waals surface area (Å²) in [7, 11) is 0. The van der Waals surface area contributed by atoms with E-state index in [9.17, 15) is 5.11 Å². The van der Waals surface area contributed by atoms with Crippen LogP contribution in [0.3, 0.4) is 0 Å². The van der Waals surface area contributed by atoms with Crippen molar-refractivity contribution in [1.82, 2.24) is 10.4 Å². The van der Waals surface area contributed by atoms with Crippen LogP contribution < -0.4 is 5.43 Å². The zero-order valence-electron chi connectivity index (χ0n) is 12.0. The highest BCUT2D eigenvalue weighted by atomic mass is 16.5. The molecule has 6 nitrogen and oxygen atoms in total. The molecule has 0 spiro atoms. The van der Waals surface area contributed by atoms with Crippen molar-refractivity contribution in [1.29, 1.82) is 0 Å². The van der Waals surface area contributed by atoms with Crippen LogP contribution in [0.1, 0.15) is 19.8 Å². The maximum atomic E-state index is 9.73. The van der Waals surface area contributed by atoms with E-state index in [1.807, 2.05) is 0 Å². The molecule has 1 atom stereocenters. The summed E-state index contributed by atoms with van der Waals surface area (Å²) < 4.78 is 16.0. The van der Waals surface area contributed by atoms with Crippen LogP contribution in [-0.2, 0) is 14.2 Å². The van der Waals surface area contributed by atoms with Gasteiger partial charge in [0.25, 0.3) is 0 Å². The molecule has 2 N–H and O–H groups in total. The highest BCUT2D eigenvalue weighted by Crippen LogP contribution is 1.93. The second-order valence-corrected chi connectivity index (χ2v) is 4.66. The first-order valence-electron chi connectivity index (χ1n) is 7.22. The molecular weight excluding hydrogens is 248 g/mol. The lowest BCUT2D eigenvalue weighted by Crippen LogP contribution is -2.48. The minimum absolute atomic E-state index is 0.342. The Bertz CT molecular complexity index is 201. The van der Waals surface area contributed by atoms with Crippen molar-refractivity contribution in [2.75, 3.05) is 59.3 Å². The van der Waals surface area contributed by atoms with Crippen LogP contribution in [-0.4, -0.2) is 75.5 Å². The topological polar surface area (TPSA) is 63.2 Å². The van der Waals surface area contributed by atoms with Gasteiger partial charge in [0.2, 0.25) is 0 Å². The van der Waals surface area contributed by atoms with Gasteiger partial charge in [-0.2, -0.15) is 0 Å². The fourth-order valence-electron chi connectivity index (χ4n) is 1.70. The van der Waals surface area contributed by atoms with E-state index in [4.69, 9.17) is 14.2 Å². The maximum Gasteiger partial charge on any atom is 0.0911 e. The van der Waals surface area contributed by atoms with Gasteiger partial charge in [-0.05, 0) is 6.42 Å². The van der Waals surface area contributed by atoms with Crippen molar-refractivity contribution in [2.45, 2.75) is 25.9 Å². The quantitative estimate of drug-likeness (QED) is 0.519. The molecule has 1 fully saturated rings. The Morgan fingerprint density at radius 2 is 1.95 bits per heavy atom. The molecule has 1 heterocycles. The van der Waals surface area contributed by atoms with E-state index >= 15 is 0 Å². The number of ether oxygens (including phenoxy) is 3. The van der Waals surface area contributed by atoms with Crippen LogP contribution in [0.25, 0.3) is 0 Å². The Balaban J connectivity index is 1.85. The molecule has 0 amide bonds. The molecule has 1 unspecified atom stereocenters. The van der Waals surface area contributed by atoms with Gasteiger partial charge >= 0.3 is 0 Å². The molecule has 0 radical (unpaired) electrons. The van der Waals surface area contributed by atoms with Gasteiger partial charge < -0.3 is 19.3 Å². The van der Waals surface area contributed by atoms with E-state index in [0.29, 0.717) is 26.4 Å². The Morgan fingerprint density at radius 3 is 2.68 bits per heavy atom. The van der Waals surface area contributed by atoms with Gasteiger partial charge in [0.1, 0.15) is 0 Å². The van der Waals surface area contributed by atoms with Gasteiger partial charge in [-0.15, -0.1) is 0 Å². The molecule has 0 aromatic carbocycles. The fraction of sp³-hybridized carbons (Fsp3) is 1.00. The maximum absolute atomic E-state index is 9.73. The second kappa shape index (κ2) is 11.6. The number of hydrazine groups is 1. The van der Waals surface area contributed by atoms with Crippen molar-refractivity contribution in [3.05, 3.63) is 0 Å². The predicted molar refractivity (Wildman–Crippen MR) is 72.9 cm³/mol. The fourth-order valence-corrected chi connectivity index (χ4v) is 1.70. The summed E-state index contributed by atoms with van der Waals surface area (Å²) >= 11 is 0. The van der Waals surface area contributed by atoms with Gasteiger partial charge in [0.05, 0.1) is 39.1 Å². The Labute approximate surface area is 116 Å². The lowest BCUT2D eigenvalue weighted by molar-refractivity contribution is -0.0196. The van der Waals surface area contributed by atoms with Crippen LogP contribution >= 0.6 is 0 Å². The van der Waals surface area contributed by atoms with Crippen LogP contribution in [0.15, 0.2) is 0 Å². The van der Waals surface area contributed by atoms with Crippen LogP contribution in [0.5, 0.6) is 0 Å².